The van der Waals surface area contributed by atoms with Gasteiger partial charge in [0.2, 0.25) is 0 Å². The van der Waals surface area contributed by atoms with Gasteiger partial charge in [-0.05, 0) is 34.6 Å². The summed E-state index contributed by atoms with van der Waals surface area (Å²) in [5.41, 5.74) is 3.10. The SMILES string of the molecule is CCOC(=O)C1=C(C)Cc2c1c(C#CC(C)(C)C)cn(C)c2=O. The van der Waals surface area contributed by atoms with Crippen LogP contribution in [0.2, 0.25) is 0 Å². The number of allylic oxidation sites excluding steroid dienone is 1. The first-order valence-corrected chi connectivity index (χ1v) is 7.78. The van der Waals surface area contributed by atoms with Crippen molar-refractivity contribution in [3.05, 3.63) is 38.8 Å². The molecule has 1 aromatic heterocycles. The number of hydrogen-bond acceptors (Lipinski definition) is 3. The molecule has 1 heterocycles. The lowest BCUT2D eigenvalue weighted by molar-refractivity contribution is -0.136. The highest BCUT2D eigenvalue weighted by Crippen LogP contribution is 2.34. The Morgan fingerprint density at radius 1 is 1.39 bits per heavy atom. The van der Waals surface area contributed by atoms with Crippen LogP contribution in [0, 0.1) is 17.3 Å². The van der Waals surface area contributed by atoms with Crippen LogP contribution in [0.4, 0.5) is 0 Å². The summed E-state index contributed by atoms with van der Waals surface area (Å²) >= 11 is 0. The third-order valence-electron chi connectivity index (χ3n) is 3.64. The van der Waals surface area contributed by atoms with Crippen LogP contribution in [0.3, 0.4) is 0 Å². The van der Waals surface area contributed by atoms with E-state index in [9.17, 15) is 9.59 Å². The summed E-state index contributed by atoms with van der Waals surface area (Å²) in [5, 5.41) is 0. The molecule has 2 rings (SSSR count). The fourth-order valence-electron chi connectivity index (χ4n) is 2.64. The largest absolute Gasteiger partial charge is 0.462 e. The van der Waals surface area contributed by atoms with Gasteiger partial charge < -0.3 is 9.30 Å². The Morgan fingerprint density at radius 2 is 2.04 bits per heavy atom. The molecule has 23 heavy (non-hydrogen) atoms. The Labute approximate surface area is 137 Å². The zero-order chi connectivity index (χ0) is 17.4. The number of aryl methyl sites for hydroxylation is 1. The van der Waals surface area contributed by atoms with E-state index in [1.165, 1.54) is 4.57 Å². The first kappa shape index (κ1) is 17.1. The second-order valence-electron chi connectivity index (χ2n) is 6.86. The molecular weight excluding hydrogens is 290 g/mol. The van der Waals surface area contributed by atoms with Gasteiger partial charge in [-0.2, -0.15) is 0 Å². The van der Waals surface area contributed by atoms with Gasteiger partial charge in [0.1, 0.15) is 0 Å². The molecule has 0 bridgehead atoms. The number of ether oxygens (including phenoxy) is 1. The lowest BCUT2D eigenvalue weighted by Crippen LogP contribution is -2.22. The third kappa shape index (κ3) is 3.39. The minimum Gasteiger partial charge on any atom is -0.462 e. The number of aromatic nitrogens is 1. The second kappa shape index (κ2) is 6.08. The summed E-state index contributed by atoms with van der Waals surface area (Å²) in [6.45, 7) is 10.0. The molecule has 0 N–H and O–H groups in total. The topological polar surface area (TPSA) is 48.3 Å². The molecule has 1 aliphatic carbocycles. The molecule has 4 nitrogen and oxygen atoms in total. The number of nitrogens with zero attached hydrogens (tertiary/aromatic N) is 1. The molecule has 0 amide bonds. The predicted octanol–water partition coefficient (Wildman–Crippen LogP) is 2.68. The van der Waals surface area contributed by atoms with Gasteiger partial charge in [-0.1, -0.05) is 17.4 Å². The lowest BCUT2D eigenvalue weighted by atomic mass is 9.95. The molecule has 0 atom stereocenters. The molecule has 0 fully saturated rings. The van der Waals surface area contributed by atoms with Crippen molar-refractivity contribution in [3.63, 3.8) is 0 Å². The highest BCUT2D eigenvalue weighted by molar-refractivity contribution is 6.19. The molecule has 4 heteroatoms. The molecule has 1 aliphatic rings. The molecule has 0 spiro atoms. The van der Waals surface area contributed by atoms with Gasteiger partial charge in [0, 0.05) is 41.8 Å². The Kier molecular flexibility index (Phi) is 4.51. The van der Waals surface area contributed by atoms with Crippen LogP contribution in [-0.4, -0.2) is 17.1 Å². The number of rotatable bonds is 2. The van der Waals surface area contributed by atoms with Crippen molar-refractivity contribution < 1.29 is 9.53 Å². The van der Waals surface area contributed by atoms with Crippen molar-refractivity contribution >= 4 is 11.5 Å². The van der Waals surface area contributed by atoms with Gasteiger partial charge in [-0.25, -0.2) is 4.79 Å². The number of carbonyl (C=O) groups is 1. The van der Waals surface area contributed by atoms with E-state index in [2.05, 4.69) is 11.8 Å². The van der Waals surface area contributed by atoms with E-state index in [0.717, 1.165) is 5.57 Å². The summed E-state index contributed by atoms with van der Waals surface area (Å²) in [7, 11) is 1.71. The van der Waals surface area contributed by atoms with E-state index in [4.69, 9.17) is 4.74 Å². The molecule has 122 valence electrons. The van der Waals surface area contributed by atoms with Crippen LogP contribution in [-0.2, 0) is 23.0 Å². The molecule has 0 radical (unpaired) electrons. The Hall–Kier alpha value is -2.28. The number of esters is 1. The van der Waals surface area contributed by atoms with Crippen molar-refractivity contribution in [2.45, 2.75) is 41.0 Å². The number of pyridine rings is 1. The zero-order valence-electron chi connectivity index (χ0n) is 14.7. The van der Waals surface area contributed by atoms with E-state index in [1.807, 2.05) is 27.7 Å². The van der Waals surface area contributed by atoms with Crippen molar-refractivity contribution in [2.75, 3.05) is 6.61 Å². The standard InChI is InChI=1S/C19H23NO3/c1-7-23-18(22)15-12(2)10-14-16(15)13(8-9-19(3,4)5)11-20(6)17(14)21/h11H,7,10H2,1-6H3. The predicted molar refractivity (Wildman–Crippen MR) is 90.9 cm³/mol. The normalized spacial score (nSPS) is 13.5. The number of carbonyl (C=O) groups excluding carboxylic acids is 1. The Bertz CT molecular complexity index is 808. The summed E-state index contributed by atoms with van der Waals surface area (Å²) in [4.78, 5) is 24.8. The maximum Gasteiger partial charge on any atom is 0.338 e. The maximum absolute atomic E-state index is 12.4. The highest BCUT2D eigenvalue weighted by atomic mass is 16.5. The van der Waals surface area contributed by atoms with Gasteiger partial charge in [0.15, 0.2) is 0 Å². The quantitative estimate of drug-likeness (QED) is 0.623. The molecule has 0 unspecified atom stereocenters. The van der Waals surface area contributed by atoms with Crippen LogP contribution in [0.25, 0.3) is 5.57 Å². The van der Waals surface area contributed by atoms with Gasteiger partial charge in [-0.15, -0.1) is 0 Å². The molecule has 1 aromatic rings. The number of hydrogen-bond donors (Lipinski definition) is 0. The van der Waals surface area contributed by atoms with Gasteiger partial charge in [-0.3, -0.25) is 4.79 Å². The van der Waals surface area contributed by atoms with Crippen molar-refractivity contribution in [1.82, 2.24) is 4.57 Å². The molecular formula is C19H23NO3. The molecule has 0 aliphatic heterocycles. The summed E-state index contributed by atoms with van der Waals surface area (Å²) < 4.78 is 6.70. The van der Waals surface area contributed by atoms with Crippen molar-refractivity contribution in [2.24, 2.45) is 12.5 Å². The zero-order valence-corrected chi connectivity index (χ0v) is 14.7. The monoisotopic (exact) mass is 313 g/mol. The van der Waals surface area contributed by atoms with Crippen LogP contribution in [0.15, 0.2) is 16.6 Å². The first-order chi connectivity index (χ1) is 10.7. The van der Waals surface area contributed by atoms with E-state index in [1.54, 1.807) is 20.2 Å². The van der Waals surface area contributed by atoms with Crippen LogP contribution in [0.1, 0.15) is 51.3 Å². The minimum absolute atomic E-state index is 0.0834. The van der Waals surface area contributed by atoms with Gasteiger partial charge in [0.25, 0.3) is 5.56 Å². The fraction of sp³-hybridized carbons (Fsp3) is 0.474. The van der Waals surface area contributed by atoms with E-state index in [0.29, 0.717) is 35.3 Å². The number of fused-ring (bicyclic) bond motifs is 1. The first-order valence-electron chi connectivity index (χ1n) is 7.78. The fourth-order valence-corrected chi connectivity index (χ4v) is 2.64. The van der Waals surface area contributed by atoms with E-state index < -0.39 is 0 Å². The maximum atomic E-state index is 12.4. The summed E-state index contributed by atoms with van der Waals surface area (Å²) in [5.74, 6) is 5.95. The summed E-state index contributed by atoms with van der Waals surface area (Å²) in [6, 6.07) is 0. The van der Waals surface area contributed by atoms with Gasteiger partial charge >= 0.3 is 5.97 Å². The van der Waals surface area contributed by atoms with E-state index >= 15 is 0 Å². The van der Waals surface area contributed by atoms with Gasteiger partial charge in [0.05, 0.1) is 12.2 Å². The minimum atomic E-state index is -0.379. The van der Waals surface area contributed by atoms with Crippen LogP contribution >= 0.6 is 0 Å². The Balaban J connectivity index is 2.70. The average molecular weight is 313 g/mol. The highest BCUT2D eigenvalue weighted by Gasteiger charge is 2.30. The Morgan fingerprint density at radius 3 is 2.61 bits per heavy atom. The third-order valence-corrected chi connectivity index (χ3v) is 3.64. The smallest absolute Gasteiger partial charge is 0.338 e. The molecule has 0 saturated carbocycles. The second-order valence-corrected chi connectivity index (χ2v) is 6.86. The molecule has 0 saturated heterocycles. The van der Waals surface area contributed by atoms with Crippen LogP contribution in [0.5, 0.6) is 0 Å². The van der Waals surface area contributed by atoms with Crippen molar-refractivity contribution in [3.8, 4) is 11.8 Å². The molecule has 0 aromatic carbocycles. The van der Waals surface area contributed by atoms with Crippen LogP contribution < -0.4 is 5.56 Å². The summed E-state index contributed by atoms with van der Waals surface area (Å²) in [6.07, 6.45) is 2.18. The van der Waals surface area contributed by atoms with Crippen molar-refractivity contribution in [1.29, 1.82) is 0 Å². The average Bonchev–Trinajstić information content (AvgIpc) is 2.78. The lowest BCUT2D eigenvalue weighted by Gasteiger charge is -2.11. The van der Waals surface area contributed by atoms with E-state index in [-0.39, 0.29) is 16.9 Å².